The van der Waals surface area contributed by atoms with Gasteiger partial charge in [0.1, 0.15) is 0 Å². The van der Waals surface area contributed by atoms with Crippen LogP contribution in [0.1, 0.15) is 11.3 Å². The number of hydrogen-bond donors (Lipinski definition) is 2. The van der Waals surface area contributed by atoms with E-state index in [1.54, 1.807) is 37.3 Å². The molecule has 10 nitrogen and oxygen atoms in total. The van der Waals surface area contributed by atoms with Gasteiger partial charge in [-0.3, -0.25) is 9.89 Å². The number of aryl methyl sites for hydroxylation is 1. The van der Waals surface area contributed by atoms with Crippen LogP contribution in [0.2, 0.25) is 5.02 Å². The van der Waals surface area contributed by atoms with Gasteiger partial charge in [0.05, 0.1) is 22.0 Å². The molecule has 0 aliphatic heterocycles. The SMILES string of the molecule is C=C(c1ccc(Cl)cc1)n1[nH]c(C)c(N=Nc2ccc(S(=O)(=O)Nc3ncccn3)cc2)c1=O. The van der Waals surface area contributed by atoms with E-state index in [1.807, 2.05) is 0 Å². The second-order valence-electron chi connectivity index (χ2n) is 7.05. The largest absolute Gasteiger partial charge is 0.299 e. The highest BCUT2D eigenvalue weighted by Crippen LogP contribution is 2.23. The van der Waals surface area contributed by atoms with Crippen molar-refractivity contribution in [2.45, 2.75) is 11.8 Å². The first-order valence-electron chi connectivity index (χ1n) is 9.83. The number of azo groups is 1. The lowest BCUT2D eigenvalue weighted by Gasteiger charge is -2.06. The maximum absolute atomic E-state index is 12.8. The van der Waals surface area contributed by atoms with Gasteiger partial charge >= 0.3 is 0 Å². The van der Waals surface area contributed by atoms with Crippen LogP contribution in [0.4, 0.5) is 17.3 Å². The molecule has 0 fully saturated rings. The minimum atomic E-state index is -3.87. The number of anilines is 1. The molecular formula is C22H18ClN7O3S. The number of halogens is 1. The van der Waals surface area contributed by atoms with Gasteiger partial charge in [0.2, 0.25) is 5.95 Å². The molecule has 2 aromatic heterocycles. The highest BCUT2D eigenvalue weighted by Gasteiger charge is 2.16. The maximum atomic E-state index is 12.8. The Kier molecular flexibility index (Phi) is 6.39. The molecule has 34 heavy (non-hydrogen) atoms. The van der Waals surface area contributed by atoms with Crippen LogP contribution in [0.3, 0.4) is 0 Å². The van der Waals surface area contributed by atoms with Gasteiger partial charge in [0.15, 0.2) is 5.69 Å². The Morgan fingerprint density at radius 3 is 2.35 bits per heavy atom. The Hall–Kier alpha value is -4.09. The zero-order chi connectivity index (χ0) is 24.3. The molecule has 12 heteroatoms. The summed E-state index contributed by atoms with van der Waals surface area (Å²) in [4.78, 5) is 20.5. The highest BCUT2D eigenvalue weighted by atomic mass is 35.5. The molecule has 4 rings (SSSR count). The molecule has 2 aromatic carbocycles. The van der Waals surface area contributed by atoms with Crippen molar-refractivity contribution in [3.63, 3.8) is 0 Å². The number of H-pyrrole nitrogens is 1. The summed E-state index contributed by atoms with van der Waals surface area (Å²) in [5.41, 5.74) is 1.67. The molecular weight excluding hydrogens is 478 g/mol. The third kappa shape index (κ3) is 4.95. The molecule has 2 heterocycles. The molecule has 0 saturated carbocycles. The lowest BCUT2D eigenvalue weighted by atomic mass is 10.2. The first kappa shape index (κ1) is 23.1. The van der Waals surface area contributed by atoms with Crippen molar-refractivity contribution in [3.05, 3.63) is 100 Å². The van der Waals surface area contributed by atoms with Crippen molar-refractivity contribution in [1.82, 2.24) is 19.7 Å². The lowest BCUT2D eigenvalue weighted by molar-refractivity contribution is 0.601. The molecule has 0 radical (unpaired) electrons. The molecule has 0 aliphatic carbocycles. The summed E-state index contributed by atoms with van der Waals surface area (Å²) in [6.45, 7) is 5.65. The van der Waals surface area contributed by atoms with E-state index in [9.17, 15) is 13.2 Å². The molecule has 172 valence electrons. The number of aromatic amines is 1. The monoisotopic (exact) mass is 495 g/mol. The van der Waals surface area contributed by atoms with E-state index >= 15 is 0 Å². The van der Waals surface area contributed by atoms with Gasteiger partial charge in [0.25, 0.3) is 15.6 Å². The van der Waals surface area contributed by atoms with E-state index in [-0.39, 0.29) is 16.5 Å². The van der Waals surface area contributed by atoms with Crippen molar-refractivity contribution in [1.29, 1.82) is 0 Å². The van der Waals surface area contributed by atoms with E-state index in [4.69, 9.17) is 11.6 Å². The molecule has 0 unspecified atom stereocenters. The Morgan fingerprint density at radius 2 is 1.71 bits per heavy atom. The van der Waals surface area contributed by atoms with Gasteiger partial charge in [-0.1, -0.05) is 30.3 Å². The number of rotatable bonds is 7. The first-order chi connectivity index (χ1) is 16.2. The minimum Gasteiger partial charge on any atom is -0.293 e. The number of sulfonamides is 1. The van der Waals surface area contributed by atoms with Crippen molar-refractivity contribution in [3.8, 4) is 0 Å². The fraction of sp³-hybridized carbons (Fsp3) is 0.0455. The number of benzene rings is 2. The number of hydrogen-bond acceptors (Lipinski definition) is 7. The van der Waals surface area contributed by atoms with Crippen molar-refractivity contribution < 1.29 is 8.42 Å². The normalized spacial score (nSPS) is 11.6. The van der Waals surface area contributed by atoms with Gasteiger partial charge < -0.3 is 0 Å². The van der Waals surface area contributed by atoms with Crippen molar-refractivity contribution >= 4 is 44.6 Å². The Morgan fingerprint density at radius 1 is 1.06 bits per heavy atom. The standard InChI is InChI=1S/C22H18ClN7O3S/c1-14-20(21(31)30(28-14)15(2)16-4-6-17(23)7-5-16)27-26-18-8-10-19(11-9-18)34(32,33)29-22-24-12-3-13-25-22/h3-13,28H,2H2,1H3,(H,24,25,29). The van der Waals surface area contributed by atoms with Crippen LogP contribution >= 0.6 is 11.6 Å². The van der Waals surface area contributed by atoms with Crippen LogP contribution in [0.15, 0.2) is 93.5 Å². The average Bonchev–Trinajstić information content (AvgIpc) is 3.11. The van der Waals surface area contributed by atoms with Crippen molar-refractivity contribution in [2.24, 2.45) is 10.2 Å². The van der Waals surface area contributed by atoms with E-state index in [0.29, 0.717) is 27.7 Å². The summed E-state index contributed by atoms with van der Waals surface area (Å²) in [6.07, 6.45) is 2.85. The number of nitrogens with zero attached hydrogens (tertiary/aromatic N) is 5. The molecule has 0 spiro atoms. The fourth-order valence-electron chi connectivity index (χ4n) is 2.95. The quantitative estimate of drug-likeness (QED) is 0.359. The Balaban J connectivity index is 1.53. The van der Waals surface area contributed by atoms with Crippen LogP contribution in [-0.4, -0.2) is 28.2 Å². The average molecular weight is 496 g/mol. The predicted molar refractivity (Wildman–Crippen MR) is 129 cm³/mol. The zero-order valence-electron chi connectivity index (χ0n) is 17.8. The topological polar surface area (TPSA) is 134 Å². The summed E-state index contributed by atoms with van der Waals surface area (Å²) < 4.78 is 28.5. The smallest absolute Gasteiger partial charge is 0.293 e. The second kappa shape index (κ2) is 9.41. The molecule has 4 aromatic rings. The third-order valence-corrected chi connectivity index (χ3v) is 6.29. The lowest BCUT2D eigenvalue weighted by Crippen LogP contribution is -2.15. The first-order valence-corrected chi connectivity index (χ1v) is 11.7. The molecule has 0 bridgehead atoms. The Labute approximate surface area is 199 Å². The predicted octanol–water partition coefficient (Wildman–Crippen LogP) is 4.66. The second-order valence-corrected chi connectivity index (χ2v) is 9.17. The van der Waals surface area contributed by atoms with Crippen LogP contribution in [0.5, 0.6) is 0 Å². The van der Waals surface area contributed by atoms with E-state index in [1.165, 1.54) is 41.3 Å². The molecule has 0 aliphatic rings. The molecule has 0 atom stereocenters. The van der Waals surface area contributed by atoms with Gasteiger partial charge in [0, 0.05) is 17.4 Å². The van der Waals surface area contributed by atoms with E-state index in [2.05, 4.69) is 36.6 Å². The summed E-state index contributed by atoms with van der Waals surface area (Å²) >= 11 is 5.92. The molecule has 0 saturated heterocycles. The highest BCUT2D eigenvalue weighted by molar-refractivity contribution is 7.92. The van der Waals surface area contributed by atoms with Gasteiger partial charge in [-0.05, 0) is 55.0 Å². The van der Waals surface area contributed by atoms with Crippen LogP contribution in [-0.2, 0) is 10.0 Å². The summed E-state index contributed by atoms with van der Waals surface area (Å²) in [7, 11) is -3.87. The summed E-state index contributed by atoms with van der Waals surface area (Å²) in [6, 6.07) is 14.2. The Bertz CT molecular complexity index is 1530. The summed E-state index contributed by atoms with van der Waals surface area (Å²) in [5.74, 6) is -0.0364. The van der Waals surface area contributed by atoms with Gasteiger partial charge in [-0.25, -0.2) is 27.8 Å². The van der Waals surface area contributed by atoms with Crippen molar-refractivity contribution in [2.75, 3.05) is 4.72 Å². The fourth-order valence-corrected chi connectivity index (χ4v) is 4.03. The number of nitrogens with one attached hydrogen (secondary N) is 2. The maximum Gasteiger partial charge on any atom is 0.299 e. The third-order valence-electron chi connectivity index (χ3n) is 4.69. The van der Waals surface area contributed by atoms with Crippen LogP contribution in [0, 0.1) is 6.92 Å². The van der Waals surface area contributed by atoms with Crippen LogP contribution < -0.4 is 10.3 Å². The zero-order valence-corrected chi connectivity index (χ0v) is 19.4. The van der Waals surface area contributed by atoms with E-state index < -0.39 is 15.6 Å². The molecule has 2 N–H and O–H groups in total. The van der Waals surface area contributed by atoms with Gasteiger partial charge in [-0.15, -0.1) is 5.11 Å². The number of aromatic nitrogens is 4. The van der Waals surface area contributed by atoms with E-state index in [0.717, 1.165) is 0 Å². The summed E-state index contributed by atoms with van der Waals surface area (Å²) in [5, 5.41) is 11.6. The van der Waals surface area contributed by atoms with Gasteiger partial charge in [-0.2, -0.15) is 5.11 Å². The van der Waals surface area contributed by atoms with Crippen LogP contribution in [0.25, 0.3) is 5.70 Å². The molecule has 0 amide bonds. The minimum absolute atomic E-state index is 0.00153.